The number of hydrogen-bond acceptors (Lipinski definition) is 8. The van der Waals surface area contributed by atoms with Crippen LogP contribution in [0.2, 0.25) is 0 Å². The largest absolute Gasteiger partial charge is 0.480 e. The van der Waals surface area contributed by atoms with E-state index in [4.69, 9.17) is 13.8 Å². The zero-order chi connectivity index (χ0) is 48.4. The number of rotatable bonds is 45. The molecule has 0 aromatic heterocycles. The Morgan fingerprint density at radius 2 is 0.879 bits per heavy atom. The summed E-state index contributed by atoms with van der Waals surface area (Å²) in [5.74, 6) is -2.43. The van der Waals surface area contributed by atoms with Crippen LogP contribution < -0.4 is 5.32 Å². The highest BCUT2D eigenvalue weighted by atomic mass is 31.2. The molecule has 1 amide bonds. The van der Waals surface area contributed by atoms with E-state index in [2.05, 4.69) is 129 Å². The predicted molar refractivity (Wildman–Crippen MR) is 272 cm³/mol. The third-order valence-electron chi connectivity index (χ3n) is 10.0. The monoisotopic (exact) mass is 942 g/mol. The van der Waals surface area contributed by atoms with Crippen molar-refractivity contribution in [1.82, 2.24) is 5.32 Å². The summed E-state index contributed by atoms with van der Waals surface area (Å²) in [6.07, 6.45) is 62.4. The number of nitrogens with one attached hydrogen (secondary N) is 1. The fourth-order valence-electron chi connectivity index (χ4n) is 6.21. The number of phosphoric ester groups is 1. The summed E-state index contributed by atoms with van der Waals surface area (Å²) in [4.78, 5) is 46.1. The molecule has 0 rings (SSSR count). The molecule has 0 heterocycles. The number of aliphatic hydroxyl groups is 1. The van der Waals surface area contributed by atoms with Crippen LogP contribution in [0.4, 0.5) is 0 Å². The van der Waals surface area contributed by atoms with Crippen molar-refractivity contribution in [3.63, 3.8) is 0 Å². The first-order valence-electron chi connectivity index (χ1n) is 24.9. The van der Waals surface area contributed by atoms with Gasteiger partial charge in [-0.3, -0.25) is 18.6 Å². The number of unbranched alkanes of at least 4 members (excludes halogenated alkanes) is 13. The summed E-state index contributed by atoms with van der Waals surface area (Å²) in [7, 11) is -4.78. The zero-order valence-corrected chi connectivity index (χ0v) is 41.6. The molecule has 0 aliphatic carbocycles. The molecule has 0 aliphatic heterocycles. The van der Waals surface area contributed by atoms with Gasteiger partial charge in [0.2, 0.25) is 5.91 Å². The van der Waals surface area contributed by atoms with E-state index in [1.807, 2.05) is 0 Å². The van der Waals surface area contributed by atoms with Crippen LogP contribution in [0.1, 0.15) is 181 Å². The molecule has 3 unspecified atom stereocenters. The number of ether oxygens (including phenoxy) is 1. The number of hydrogen-bond donors (Lipinski definition) is 4. The van der Waals surface area contributed by atoms with E-state index in [0.29, 0.717) is 12.8 Å². The Kier molecular flexibility index (Phi) is 44.8. The molecular weight excluding hydrogens is 854 g/mol. The maximum Gasteiger partial charge on any atom is 0.472 e. The number of phosphoric acid groups is 1. The fraction of sp³-hybridized carbons (Fsp3) is 0.611. The second kappa shape index (κ2) is 47.6. The van der Waals surface area contributed by atoms with Crippen LogP contribution in [0.3, 0.4) is 0 Å². The molecule has 0 spiro atoms. The molecule has 0 aliphatic rings. The minimum absolute atomic E-state index is 0.115. The number of carboxylic acids is 1. The number of carbonyl (C=O) groups is 3. The van der Waals surface area contributed by atoms with Gasteiger partial charge in [0.1, 0.15) is 12.7 Å². The van der Waals surface area contributed by atoms with E-state index in [0.717, 1.165) is 116 Å². The van der Waals surface area contributed by atoms with Crippen LogP contribution in [0.15, 0.2) is 109 Å². The summed E-state index contributed by atoms with van der Waals surface area (Å²) in [6.45, 7) is 2.41. The van der Waals surface area contributed by atoms with Crippen LogP contribution in [0, 0.1) is 0 Å². The number of allylic oxidation sites excluding steroid dienone is 18. The lowest BCUT2D eigenvalue weighted by Crippen LogP contribution is -2.43. The van der Waals surface area contributed by atoms with Crippen molar-refractivity contribution in [2.45, 2.75) is 193 Å². The van der Waals surface area contributed by atoms with E-state index >= 15 is 0 Å². The molecule has 0 saturated heterocycles. The predicted octanol–water partition coefficient (Wildman–Crippen LogP) is 13.8. The van der Waals surface area contributed by atoms with Gasteiger partial charge in [-0.05, 0) is 103 Å². The molecule has 0 fully saturated rings. The third-order valence-corrected chi connectivity index (χ3v) is 11.0. The topological polar surface area (TPSA) is 169 Å². The lowest BCUT2D eigenvalue weighted by atomic mass is 10.1. The number of carboxylic acid groups (broad SMARTS) is 1. The number of esters is 1. The number of aliphatic hydroxyl groups excluding tert-OH is 1. The van der Waals surface area contributed by atoms with Crippen LogP contribution in [-0.2, 0) is 32.7 Å². The van der Waals surface area contributed by atoms with Gasteiger partial charge in [0, 0.05) is 12.8 Å². The van der Waals surface area contributed by atoms with Crippen molar-refractivity contribution in [1.29, 1.82) is 0 Å². The normalized spacial score (nSPS) is 14.5. The van der Waals surface area contributed by atoms with Gasteiger partial charge in [-0.25, -0.2) is 9.36 Å². The molecule has 374 valence electrons. The van der Waals surface area contributed by atoms with Gasteiger partial charge in [0.25, 0.3) is 0 Å². The number of carbonyl (C=O) groups excluding carboxylic acids is 2. The van der Waals surface area contributed by atoms with Crippen LogP contribution in [-0.4, -0.2) is 64.9 Å². The molecule has 11 nitrogen and oxygen atoms in total. The third kappa shape index (κ3) is 46.7. The highest BCUT2D eigenvalue weighted by Crippen LogP contribution is 2.43. The molecule has 3 atom stereocenters. The smallest absolute Gasteiger partial charge is 0.472 e. The average molecular weight is 942 g/mol. The number of amides is 1. The summed E-state index contributed by atoms with van der Waals surface area (Å²) < 4.78 is 26.9. The summed E-state index contributed by atoms with van der Waals surface area (Å²) in [5, 5.41) is 21.9. The zero-order valence-electron chi connectivity index (χ0n) is 40.7. The molecule has 4 N–H and O–H groups in total. The maximum absolute atomic E-state index is 12.4. The molecule has 0 bridgehead atoms. The first-order valence-corrected chi connectivity index (χ1v) is 26.4. The minimum Gasteiger partial charge on any atom is -0.480 e. The quantitative estimate of drug-likeness (QED) is 0.0200. The van der Waals surface area contributed by atoms with Crippen molar-refractivity contribution in [2.75, 3.05) is 19.8 Å². The van der Waals surface area contributed by atoms with Gasteiger partial charge in [0.05, 0.1) is 13.2 Å². The fourth-order valence-corrected chi connectivity index (χ4v) is 6.98. The van der Waals surface area contributed by atoms with Gasteiger partial charge < -0.3 is 25.2 Å². The van der Waals surface area contributed by atoms with Gasteiger partial charge in [0.15, 0.2) is 6.04 Å². The highest BCUT2D eigenvalue weighted by Gasteiger charge is 2.28. The Morgan fingerprint density at radius 3 is 1.32 bits per heavy atom. The van der Waals surface area contributed by atoms with Crippen LogP contribution in [0.5, 0.6) is 0 Å². The standard InChI is InChI=1S/C54H88NO10P/c1-3-5-7-9-11-13-15-17-19-21-23-25-27-29-31-33-35-37-39-41-43-45-52(57)55-51(54(59)60)49-65-66(61,62)64-48-50(56)47-63-53(58)46-44-42-40-38-36-34-32-30-28-26-24-22-20-18-16-14-12-10-8-6-4-2/h5,7,11-14,17-20,23-26,29-32,50-51,56H,3-4,6,8-10,15-16,21-22,27-28,33-49H2,1-2H3,(H,55,57)(H,59,60)(H,61,62)/b7-5-,13-11-,14-12-,19-17-,20-18-,25-23-,26-24-,31-29-,32-30-. The van der Waals surface area contributed by atoms with Crippen LogP contribution >= 0.6 is 7.82 Å². The van der Waals surface area contributed by atoms with E-state index in [1.165, 1.54) is 25.7 Å². The average Bonchev–Trinajstić information content (AvgIpc) is 3.29. The molecular formula is C54H88NO10P. The van der Waals surface area contributed by atoms with E-state index in [-0.39, 0.29) is 12.8 Å². The maximum atomic E-state index is 12.4. The van der Waals surface area contributed by atoms with E-state index in [1.54, 1.807) is 0 Å². The van der Waals surface area contributed by atoms with Crippen molar-refractivity contribution < 1.29 is 47.8 Å². The van der Waals surface area contributed by atoms with Gasteiger partial charge in [-0.2, -0.15) is 0 Å². The van der Waals surface area contributed by atoms with Gasteiger partial charge >= 0.3 is 19.8 Å². The Bertz CT molecular complexity index is 1530. The first kappa shape index (κ1) is 62.1. The molecule has 0 radical (unpaired) electrons. The molecule has 0 aromatic rings. The molecule has 66 heavy (non-hydrogen) atoms. The van der Waals surface area contributed by atoms with Crippen molar-refractivity contribution in [3.05, 3.63) is 109 Å². The van der Waals surface area contributed by atoms with Crippen molar-refractivity contribution >= 4 is 25.7 Å². The van der Waals surface area contributed by atoms with Crippen LogP contribution in [0.25, 0.3) is 0 Å². The minimum atomic E-state index is -4.78. The Hall–Kier alpha value is -3.86. The first-order chi connectivity index (χ1) is 32.1. The molecule has 0 aromatic carbocycles. The summed E-state index contributed by atoms with van der Waals surface area (Å²) >= 11 is 0. The van der Waals surface area contributed by atoms with Gasteiger partial charge in [-0.15, -0.1) is 0 Å². The molecule has 12 heteroatoms. The van der Waals surface area contributed by atoms with Crippen molar-refractivity contribution in [2.24, 2.45) is 0 Å². The second-order valence-electron chi connectivity index (χ2n) is 16.3. The van der Waals surface area contributed by atoms with Crippen molar-refractivity contribution in [3.8, 4) is 0 Å². The second-order valence-corrected chi connectivity index (χ2v) is 17.7. The Morgan fingerprint density at radius 1 is 0.500 bits per heavy atom. The lowest BCUT2D eigenvalue weighted by Gasteiger charge is -2.18. The lowest BCUT2D eigenvalue weighted by molar-refractivity contribution is -0.147. The summed E-state index contributed by atoms with van der Waals surface area (Å²) in [5.41, 5.74) is 0. The SMILES string of the molecule is CC/C=C\C/C=C\C/C=C\C/C=C\C/C=C\CCCCCCCC(=O)NC(COP(=O)(O)OCC(O)COC(=O)CCCCCCC/C=C\C/C=C\C/C=C\C/C=C\CCCCC)C(=O)O. The highest BCUT2D eigenvalue weighted by molar-refractivity contribution is 7.47. The number of aliphatic carboxylic acids is 1. The molecule has 0 saturated carbocycles. The Balaban J connectivity index is 3.95. The summed E-state index contributed by atoms with van der Waals surface area (Å²) in [6, 6.07) is -1.57. The Labute approximate surface area is 399 Å². The van der Waals surface area contributed by atoms with E-state index in [9.17, 15) is 34.1 Å². The van der Waals surface area contributed by atoms with Gasteiger partial charge in [-0.1, -0.05) is 175 Å². The van der Waals surface area contributed by atoms with E-state index < -0.39 is 57.6 Å².